The van der Waals surface area contributed by atoms with Gasteiger partial charge < -0.3 is 16.2 Å². The van der Waals surface area contributed by atoms with Gasteiger partial charge in [-0.15, -0.1) is 0 Å². The van der Waals surface area contributed by atoms with Crippen LogP contribution in [0.5, 0.6) is 0 Å². The van der Waals surface area contributed by atoms with Crippen LogP contribution >= 0.6 is 11.8 Å². The largest absolute Gasteiger partial charge is 0.480 e. The molecule has 2 unspecified atom stereocenters. The lowest BCUT2D eigenvalue weighted by molar-refractivity contribution is -0.138. The van der Waals surface area contributed by atoms with Gasteiger partial charge in [0, 0.05) is 12.6 Å². The maximum Gasteiger partial charge on any atom is 0.321 e. The number of aliphatic carboxylic acids is 1. The summed E-state index contributed by atoms with van der Waals surface area (Å²) in [5.74, 6) is 0.126. The van der Waals surface area contributed by atoms with Crippen LogP contribution in [0.4, 0.5) is 0 Å². The maximum absolute atomic E-state index is 10.4. The molecule has 0 aliphatic carbocycles. The van der Waals surface area contributed by atoms with E-state index in [9.17, 15) is 4.79 Å². The number of carboxylic acid groups (broad SMARTS) is 1. The topological polar surface area (TPSA) is 75.3 Å². The Balaban J connectivity index is 3.45. The predicted octanol–water partition coefficient (Wildman–Crippen LogP) is 0.130. The van der Waals surface area contributed by atoms with Crippen LogP contribution in [-0.4, -0.2) is 41.7 Å². The fraction of sp³-hybridized carbons (Fsp3) is 0.875. The first-order valence-corrected chi connectivity index (χ1v) is 5.68. The Labute approximate surface area is 83.3 Å². The molecule has 4 N–H and O–H groups in total. The van der Waals surface area contributed by atoms with Crippen LogP contribution in [0.25, 0.3) is 0 Å². The SMILES string of the molecule is CSCCC(C)NCC(N)C(=O)O. The molecule has 4 nitrogen and oxygen atoms in total. The van der Waals surface area contributed by atoms with Crippen LogP contribution in [0.15, 0.2) is 0 Å². The van der Waals surface area contributed by atoms with E-state index >= 15 is 0 Å². The van der Waals surface area contributed by atoms with E-state index in [1.807, 2.05) is 6.92 Å². The fourth-order valence-corrected chi connectivity index (χ4v) is 1.40. The van der Waals surface area contributed by atoms with Crippen LogP contribution in [0.1, 0.15) is 13.3 Å². The summed E-state index contributed by atoms with van der Waals surface area (Å²) >= 11 is 1.78. The zero-order chi connectivity index (χ0) is 10.3. The highest BCUT2D eigenvalue weighted by Crippen LogP contribution is 1.99. The average molecular weight is 206 g/mol. The molecule has 0 aromatic heterocycles. The van der Waals surface area contributed by atoms with Gasteiger partial charge in [-0.2, -0.15) is 11.8 Å². The van der Waals surface area contributed by atoms with Gasteiger partial charge in [0.15, 0.2) is 0 Å². The minimum atomic E-state index is -0.954. The Kier molecular flexibility index (Phi) is 7.03. The van der Waals surface area contributed by atoms with E-state index in [2.05, 4.69) is 11.6 Å². The molecular weight excluding hydrogens is 188 g/mol. The summed E-state index contributed by atoms with van der Waals surface area (Å²) in [6.45, 7) is 2.37. The molecule has 0 amide bonds. The lowest BCUT2D eigenvalue weighted by atomic mass is 10.2. The molecule has 0 bridgehead atoms. The summed E-state index contributed by atoms with van der Waals surface area (Å²) in [4.78, 5) is 10.4. The Bertz CT molecular complexity index is 155. The first kappa shape index (κ1) is 12.7. The molecule has 13 heavy (non-hydrogen) atoms. The van der Waals surface area contributed by atoms with Gasteiger partial charge in [0.25, 0.3) is 0 Å². The molecular formula is C8H18N2O2S. The molecule has 0 radical (unpaired) electrons. The van der Waals surface area contributed by atoms with Crippen molar-refractivity contribution in [2.45, 2.75) is 25.4 Å². The zero-order valence-corrected chi connectivity index (χ0v) is 8.93. The van der Waals surface area contributed by atoms with Crippen molar-refractivity contribution in [1.82, 2.24) is 5.32 Å². The lowest BCUT2D eigenvalue weighted by Gasteiger charge is -2.14. The van der Waals surface area contributed by atoms with E-state index in [1.54, 1.807) is 11.8 Å². The minimum absolute atomic E-state index is 0.331. The second-order valence-electron chi connectivity index (χ2n) is 3.04. The molecule has 0 saturated carbocycles. The van der Waals surface area contributed by atoms with Gasteiger partial charge in [0.2, 0.25) is 0 Å². The summed E-state index contributed by atoms with van der Waals surface area (Å²) in [5, 5.41) is 11.6. The van der Waals surface area contributed by atoms with Gasteiger partial charge in [-0.3, -0.25) is 4.79 Å². The molecule has 0 aliphatic heterocycles. The van der Waals surface area contributed by atoms with Gasteiger partial charge in [-0.1, -0.05) is 0 Å². The molecule has 0 aliphatic rings. The van der Waals surface area contributed by atoms with Crippen LogP contribution in [-0.2, 0) is 4.79 Å². The Hall–Kier alpha value is -0.260. The normalized spacial score (nSPS) is 15.3. The number of hydrogen-bond acceptors (Lipinski definition) is 4. The van der Waals surface area contributed by atoms with Gasteiger partial charge in [0.05, 0.1) is 0 Å². The molecule has 0 rings (SSSR count). The third-order valence-corrected chi connectivity index (χ3v) is 2.40. The molecule has 78 valence electrons. The van der Waals surface area contributed by atoms with E-state index in [0.29, 0.717) is 12.6 Å². The van der Waals surface area contributed by atoms with E-state index < -0.39 is 12.0 Å². The quantitative estimate of drug-likeness (QED) is 0.552. The summed E-state index contributed by atoms with van der Waals surface area (Å²) in [7, 11) is 0. The number of rotatable bonds is 7. The first-order valence-electron chi connectivity index (χ1n) is 4.28. The highest BCUT2D eigenvalue weighted by Gasteiger charge is 2.11. The summed E-state index contributed by atoms with van der Waals surface area (Å²) in [5.41, 5.74) is 5.33. The molecule has 0 fully saturated rings. The Morgan fingerprint density at radius 1 is 1.69 bits per heavy atom. The molecule has 5 heteroatoms. The molecule has 2 atom stereocenters. The first-order chi connectivity index (χ1) is 6.07. The Morgan fingerprint density at radius 2 is 2.31 bits per heavy atom. The summed E-state index contributed by atoms with van der Waals surface area (Å²) in [6, 6.07) is -0.463. The molecule has 0 spiro atoms. The number of hydrogen-bond donors (Lipinski definition) is 3. The molecule has 0 saturated heterocycles. The van der Waals surface area contributed by atoms with E-state index in [-0.39, 0.29) is 0 Å². The predicted molar refractivity (Wildman–Crippen MR) is 56.1 cm³/mol. The number of carboxylic acids is 1. The van der Waals surface area contributed by atoms with Crippen molar-refractivity contribution in [3.8, 4) is 0 Å². The summed E-state index contributed by atoms with van der Waals surface area (Å²) in [6.07, 6.45) is 3.09. The number of thioether (sulfide) groups is 1. The smallest absolute Gasteiger partial charge is 0.321 e. The molecule has 0 heterocycles. The number of nitrogens with two attached hydrogens (primary N) is 1. The number of nitrogens with one attached hydrogen (secondary N) is 1. The van der Waals surface area contributed by atoms with E-state index in [4.69, 9.17) is 10.8 Å². The van der Waals surface area contributed by atoms with Gasteiger partial charge in [-0.25, -0.2) is 0 Å². The van der Waals surface area contributed by atoms with Crippen LogP contribution in [0, 0.1) is 0 Å². The van der Waals surface area contributed by atoms with E-state index in [0.717, 1.165) is 12.2 Å². The van der Waals surface area contributed by atoms with Crippen molar-refractivity contribution in [2.24, 2.45) is 5.73 Å². The number of carbonyl (C=O) groups is 1. The second kappa shape index (κ2) is 7.17. The van der Waals surface area contributed by atoms with Crippen LogP contribution < -0.4 is 11.1 Å². The Morgan fingerprint density at radius 3 is 2.77 bits per heavy atom. The monoisotopic (exact) mass is 206 g/mol. The van der Waals surface area contributed by atoms with Crippen LogP contribution in [0.3, 0.4) is 0 Å². The lowest BCUT2D eigenvalue weighted by Crippen LogP contribution is -2.43. The fourth-order valence-electron chi connectivity index (χ4n) is 0.812. The van der Waals surface area contributed by atoms with Crippen molar-refractivity contribution < 1.29 is 9.90 Å². The van der Waals surface area contributed by atoms with Crippen molar-refractivity contribution >= 4 is 17.7 Å². The van der Waals surface area contributed by atoms with Gasteiger partial charge >= 0.3 is 5.97 Å². The zero-order valence-electron chi connectivity index (χ0n) is 8.12. The molecule has 0 aromatic carbocycles. The van der Waals surface area contributed by atoms with Crippen molar-refractivity contribution in [3.05, 3.63) is 0 Å². The van der Waals surface area contributed by atoms with Crippen LogP contribution in [0.2, 0.25) is 0 Å². The summed E-state index contributed by atoms with van der Waals surface area (Å²) < 4.78 is 0. The van der Waals surface area contributed by atoms with Gasteiger partial charge in [0.1, 0.15) is 6.04 Å². The standard InChI is InChI=1S/C8H18N2O2S/c1-6(3-4-13-2)10-5-7(9)8(11)12/h6-7,10H,3-5,9H2,1-2H3,(H,11,12). The van der Waals surface area contributed by atoms with Crippen molar-refractivity contribution in [3.63, 3.8) is 0 Å². The second-order valence-corrected chi connectivity index (χ2v) is 4.02. The minimum Gasteiger partial charge on any atom is -0.480 e. The highest BCUT2D eigenvalue weighted by atomic mass is 32.2. The highest BCUT2D eigenvalue weighted by molar-refractivity contribution is 7.98. The third kappa shape index (κ3) is 6.86. The third-order valence-electron chi connectivity index (χ3n) is 1.76. The van der Waals surface area contributed by atoms with E-state index in [1.165, 1.54) is 0 Å². The van der Waals surface area contributed by atoms with Crippen molar-refractivity contribution in [2.75, 3.05) is 18.6 Å². The average Bonchev–Trinajstić information content (AvgIpc) is 2.10. The molecule has 0 aromatic rings. The van der Waals surface area contributed by atoms with Gasteiger partial charge in [-0.05, 0) is 25.4 Å². The van der Waals surface area contributed by atoms with Crippen molar-refractivity contribution in [1.29, 1.82) is 0 Å². The maximum atomic E-state index is 10.4.